The Labute approximate surface area is 174 Å². The molecule has 4 heterocycles. The zero-order chi connectivity index (χ0) is 20.5. The molecule has 30 heavy (non-hydrogen) atoms. The maximum atomic E-state index is 12.3. The van der Waals surface area contributed by atoms with Gasteiger partial charge in [-0.2, -0.15) is 0 Å². The van der Waals surface area contributed by atoms with E-state index >= 15 is 0 Å². The van der Waals surface area contributed by atoms with Crippen LogP contribution >= 0.6 is 0 Å². The van der Waals surface area contributed by atoms with Crippen LogP contribution in [-0.4, -0.2) is 24.1 Å². The van der Waals surface area contributed by atoms with Crippen molar-refractivity contribution in [3.63, 3.8) is 0 Å². The van der Waals surface area contributed by atoms with Crippen LogP contribution in [0.3, 0.4) is 0 Å². The molecule has 0 saturated carbocycles. The Balaban J connectivity index is 1.39. The van der Waals surface area contributed by atoms with Crippen LogP contribution in [0.5, 0.6) is 5.75 Å². The third-order valence-corrected chi connectivity index (χ3v) is 5.46. The zero-order valence-electron chi connectivity index (χ0n) is 16.9. The van der Waals surface area contributed by atoms with Crippen LogP contribution in [0, 0.1) is 6.92 Å². The maximum Gasteiger partial charge on any atom is 0.258 e. The molecular weight excluding hydrogens is 378 g/mol. The summed E-state index contributed by atoms with van der Waals surface area (Å²) in [6.45, 7) is 3.15. The van der Waals surface area contributed by atoms with Gasteiger partial charge in [0.2, 0.25) is 0 Å². The molecule has 0 fully saturated rings. The predicted octanol–water partition coefficient (Wildman–Crippen LogP) is 3.57. The van der Waals surface area contributed by atoms with Crippen molar-refractivity contribution in [3.8, 4) is 17.1 Å². The normalized spacial score (nSPS) is 13.8. The highest BCUT2D eigenvalue weighted by atomic mass is 16.5. The lowest BCUT2D eigenvalue weighted by atomic mass is 10.2. The fourth-order valence-corrected chi connectivity index (χ4v) is 3.91. The molecule has 0 atom stereocenters. The Kier molecular flexibility index (Phi) is 4.78. The maximum absolute atomic E-state index is 12.3. The van der Waals surface area contributed by atoms with E-state index in [-0.39, 0.29) is 12.2 Å². The van der Waals surface area contributed by atoms with E-state index in [1.807, 2.05) is 43.3 Å². The second-order valence-electron chi connectivity index (χ2n) is 7.74. The van der Waals surface area contributed by atoms with Crippen molar-refractivity contribution in [3.05, 3.63) is 76.1 Å². The first kappa shape index (κ1) is 18.5. The number of nitrogens with zero attached hydrogens (tertiary/aromatic N) is 5. The van der Waals surface area contributed by atoms with Crippen molar-refractivity contribution in [2.24, 2.45) is 0 Å². The van der Waals surface area contributed by atoms with E-state index in [0.29, 0.717) is 17.1 Å². The van der Waals surface area contributed by atoms with Gasteiger partial charge in [-0.1, -0.05) is 18.6 Å². The van der Waals surface area contributed by atoms with Gasteiger partial charge in [0.15, 0.2) is 5.82 Å². The van der Waals surface area contributed by atoms with Crippen LogP contribution < -0.4 is 10.3 Å². The summed E-state index contributed by atoms with van der Waals surface area (Å²) < 4.78 is 9.72. The van der Waals surface area contributed by atoms with Gasteiger partial charge in [-0.25, -0.2) is 4.98 Å². The summed E-state index contributed by atoms with van der Waals surface area (Å²) in [4.78, 5) is 16.9. The number of hydrogen-bond acceptors (Lipinski definition) is 5. The van der Waals surface area contributed by atoms with Gasteiger partial charge in [0.25, 0.3) is 5.56 Å². The predicted molar refractivity (Wildman–Crippen MR) is 114 cm³/mol. The molecule has 1 aliphatic rings. The molecule has 0 radical (unpaired) electrons. The summed E-state index contributed by atoms with van der Waals surface area (Å²) >= 11 is 0. The summed E-state index contributed by atoms with van der Waals surface area (Å²) in [6.07, 6.45) is 6.27. The minimum absolute atomic E-state index is 0.112. The number of pyridine rings is 1. The van der Waals surface area contributed by atoms with Gasteiger partial charge in [0.1, 0.15) is 23.8 Å². The van der Waals surface area contributed by atoms with Crippen LogP contribution in [0.4, 0.5) is 0 Å². The lowest BCUT2D eigenvalue weighted by Gasteiger charge is -2.10. The van der Waals surface area contributed by atoms with Gasteiger partial charge in [0, 0.05) is 30.8 Å². The molecule has 7 heteroatoms. The van der Waals surface area contributed by atoms with Crippen molar-refractivity contribution < 1.29 is 4.74 Å². The third-order valence-electron chi connectivity index (χ3n) is 5.46. The molecule has 0 N–H and O–H groups in total. The first-order chi connectivity index (χ1) is 14.7. The lowest BCUT2D eigenvalue weighted by molar-refractivity contribution is 0.301. The van der Waals surface area contributed by atoms with Gasteiger partial charge < -0.3 is 9.30 Å². The van der Waals surface area contributed by atoms with Crippen molar-refractivity contribution in [1.29, 1.82) is 0 Å². The monoisotopic (exact) mass is 401 g/mol. The lowest BCUT2D eigenvalue weighted by Crippen LogP contribution is -2.16. The smallest absolute Gasteiger partial charge is 0.258 e. The summed E-state index contributed by atoms with van der Waals surface area (Å²) in [5, 5.41) is 8.81. The summed E-state index contributed by atoms with van der Waals surface area (Å²) in [5.41, 5.74) is 3.15. The number of benzene rings is 1. The van der Waals surface area contributed by atoms with Crippen molar-refractivity contribution in [1.82, 2.24) is 24.1 Å². The SMILES string of the molecule is Cc1ccn2c(=O)cc(COc3cccc(-c4nnc5n4CCCCC5)c3)nc2c1. The molecule has 0 unspecified atom stereocenters. The van der Waals surface area contributed by atoms with Gasteiger partial charge in [-0.3, -0.25) is 9.20 Å². The molecule has 0 aliphatic carbocycles. The number of aromatic nitrogens is 5. The Morgan fingerprint density at radius 1 is 1.07 bits per heavy atom. The second-order valence-corrected chi connectivity index (χ2v) is 7.74. The second kappa shape index (κ2) is 7.74. The molecule has 0 saturated heterocycles. The number of rotatable bonds is 4. The molecule has 152 valence electrons. The van der Waals surface area contributed by atoms with Crippen LogP contribution in [-0.2, 0) is 19.6 Å². The highest BCUT2D eigenvalue weighted by Crippen LogP contribution is 2.26. The molecule has 0 amide bonds. The first-order valence-corrected chi connectivity index (χ1v) is 10.3. The quantitative estimate of drug-likeness (QED) is 0.523. The molecule has 1 aromatic carbocycles. The molecule has 7 nitrogen and oxygen atoms in total. The highest BCUT2D eigenvalue weighted by molar-refractivity contribution is 5.58. The molecule has 4 aromatic rings. The van der Waals surface area contributed by atoms with Gasteiger partial charge in [-0.05, 0) is 49.6 Å². The molecule has 0 spiro atoms. The largest absolute Gasteiger partial charge is 0.487 e. The van der Waals surface area contributed by atoms with Crippen LogP contribution in [0.1, 0.15) is 36.3 Å². The van der Waals surface area contributed by atoms with E-state index in [9.17, 15) is 4.79 Å². The van der Waals surface area contributed by atoms with Crippen molar-refractivity contribution in [2.45, 2.75) is 45.8 Å². The summed E-state index contributed by atoms with van der Waals surface area (Å²) in [7, 11) is 0. The Hall–Kier alpha value is -3.48. The van der Waals surface area contributed by atoms with Crippen LogP contribution in [0.25, 0.3) is 17.0 Å². The number of hydrogen-bond donors (Lipinski definition) is 0. The third kappa shape index (κ3) is 3.58. The Bertz CT molecular complexity index is 1270. The van der Waals surface area contributed by atoms with Crippen molar-refractivity contribution >= 4 is 5.65 Å². The topological polar surface area (TPSA) is 74.3 Å². The van der Waals surface area contributed by atoms with E-state index in [2.05, 4.69) is 19.7 Å². The molecule has 0 bridgehead atoms. The molecular formula is C23H23N5O2. The van der Waals surface area contributed by atoms with E-state index in [1.54, 1.807) is 6.20 Å². The fraction of sp³-hybridized carbons (Fsp3) is 0.304. The molecule has 1 aliphatic heterocycles. The summed E-state index contributed by atoms with van der Waals surface area (Å²) in [6, 6.07) is 13.2. The molecule has 3 aromatic heterocycles. The molecule has 5 rings (SSSR count). The van der Waals surface area contributed by atoms with E-state index < -0.39 is 0 Å². The average Bonchev–Trinajstić information content (AvgIpc) is 3.00. The Morgan fingerprint density at radius 2 is 2.00 bits per heavy atom. The standard InChI is InChI=1S/C23H23N5O2/c1-16-9-11-27-21(12-16)24-18(14-22(27)29)15-30-19-7-5-6-17(13-19)23-26-25-20-8-3-2-4-10-28(20)23/h5-7,9,11-14H,2-4,8,10,15H2,1H3. The van der Waals surface area contributed by atoms with E-state index in [1.165, 1.54) is 23.3 Å². The summed E-state index contributed by atoms with van der Waals surface area (Å²) in [5.74, 6) is 2.66. The van der Waals surface area contributed by atoms with Crippen molar-refractivity contribution in [2.75, 3.05) is 0 Å². The van der Waals surface area contributed by atoms with Gasteiger partial charge in [0.05, 0.1) is 5.69 Å². The minimum atomic E-state index is -0.112. The zero-order valence-corrected chi connectivity index (χ0v) is 16.9. The minimum Gasteiger partial charge on any atom is -0.487 e. The van der Waals surface area contributed by atoms with E-state index in [0.717, 1.165) is 42.2 Å². The number of ether oxygens (including phenoxy) is 1. The number of fused-ring (bicyclic) bond motifs is 2. The fourth-order valence-electron chi connectivity index (χ4n) is 3.91. The average molecular weight is 401 g/mol. The van der Waals surface area contributed by atoms with Crippen LogP contribution in [0.2, 0.25) is 0 Å². The number of aryl methyl sites for hydroxylation is 2. The van der Waals surface area contributed by atoms with Gasteiger partial charge in [-0.15, -0.1) is 10.2 Å². The highest BCUT2D eigenvalue weighted by Gasteiger charge is 2.16. The van der Waals surface area contributed by atoms with E-state index in [4.69, 9.17) is 4.74 Å². The first-order valence-electron chi connectivity index (χ1n) is 10.3. The Morgan fingerprint density at radius 3 is 2.93 bits per heavy atom. The van der Waals surface area contributed by atoms with Crippen LogP contribution in [0.15, 0.2) is 53.5 Å². The van der Waals surface area contributed by atoms with Gasteiger partial charge >= 0.3 is 0 Å².